The number of carbonyl (C=O) groups is 1. The second kappa shape index (κ2) is 9.26. The summed E-state index contributed by atoms with van der Waals surface area (Å²) in [4.78, 5) is 15.0. The highest BCUT2D eigenvalue weighted by atomic mass is 127. The Labute approximate surface area is 119 Å². The Morgan fingerprint density at radius 2 is 2.12 bits per heavy atom. The molecule has 0 bridgehead atoms. The number of carbonyl (C=O) groups excluding carboxylic acids is 1. The number of nitrogens with zero attached hydrogens (tertiary/aromatic N) is 1. The van der Waals surface area contributed by atoms with Crippen LogP contribution >= 0.6 is 24.0 Å². The lowest BCUT2D eigenvalue weighted by Gasteiger charge is -2.16. The Morgan fingerprint density at radius 3 is 2.65 bits per heavy atom. The van der Waals surface area contributed by atoms with Crippen molar-refractivity contribution in [2.75, 3.05) is 20.7 Å². The van der Waals surface area contributed by atoms with E-state index in [0.717, 1.165) is 18.8 Å². The lowest BCUT2D eigenvalue weighted by Crippen LogP contribution is -2.43. The van der Waals surface area contributed by atoms with Crippen LogP contribution in [0.5, 0.6) is 0 Å². The lowest BCUT2D eigenvalue weighted by molar-refractivity contribution is -0.140. The van der Waals surface area contributed by atoms with Gasteiger partial charge in [0.05, 0.1) is 13.5 Å². The molecule has 0 radical (unpaired) electrons. The first-order chi connectivity index (χ1) is 7.76. The van der Waals surface area contributed by atoms with Crippen LogP contribution in [-0.2, 0) is 9.53 Å². The first-order valence-electron chi connectivity index (χ1n) is 5.45. The van der Waals surface area contributed by atoms with E-state index in [1.165, 1.54) is 7.11 Å². The normalized spacial score (nSPS) is 15.3. The van der Waals surface area contributed by atoms with Crippen molar-refractivity contribution < 1.29 is 9.53 Å². The molecule has 98 valence electrons. The van der Waals surface area contributed by atoms with E-state index in [0.29, 0.717) is 19.0 Å². The third kappa shape index (κ3) is 6.50. The molecular formula is C11H20IN3O2. The minimum absolute atomic E-state index is 0. The van der Waals surface area contributed by atoms with E-state index in [4.69, 9.17) is 0 Å². The van der Waals surface area contributed by atoms with Crippen LogP contribution in [-0.4, -0.2) is 38.7 Å². The van der Waals surface area contributed by atoms with Crippen molar-refractivity contribution in [1.82, 2.24) is 10.6 Å². The molecule has 0 aromatic carbocycles. The molecule has 0 fully saturated rings. The highest BCUT2D eigenvalue weighted by Crippen LogP contribution is 2.08. The maximum absolute atomic E-state index is 10.9. The first-order valence-corrected chi connectivity index (χ1v) is 5.45. The highest BCUT2D eigenvalue weighted by molar-refractivity contribution is 14.0. The van der Waals surface area contributed by atoms with Gasteiger partial charge in [0.1, 0.15) is 0 Å². The summed E-state index contributed by atoms with van der Waals surface area (Å²) in [6.45, 7) is 0.534. The van der Waals surface area contributed by atoms with Gasteiger partial charge in [-0.15, -0.1) is 24.0 Å². The van der Waals surface area contributed by atoms with Crippen LogP contribution in [0.1, 0.15) is 19.3 Å². The number of aliphatic imine (C=N–C) groups is 1. The van der Waals surface area contributed by atoms with Gasteiger partial charge in [-0.3, -0.25) is 9.79 Å². The Bertz CT molecular complexity index is 284. The molecule has 6 heteroatoms. The van der Waals surface area contributed by atoms with Gasteiger partial charge in [-0.25, -0.2) is 0 Å². The van der Waals surface area contributed by atoms with Gasteiger partial charge >= 0.3 is 5.97 Å². The molecule has 0 unspecified atom stereocenters. The second-order valence-corrected chi connectivity index (χ2v) is 3.61. The van der Waals surface area contributed by atoms with Gasteiger partial charge in [-0.1, -0.05) is 12.2 Å². The summed E-state index contributed by atoms with van der Waals surface area (Å²) in [6.07, 6.45) is 6.70. The summed E-state index contributed by atoms with van der Waals surface area (Å²) in [6, 6.07) is 0.421. The van der Waals surface area contributed by atoms with E-state index in [1.807, 2.05) is 0 Å². The molecule has 17 heavy (non-hydrogen) atoms. The van der Waals surface area contributed by atoms with Gasteiger partial charge < -0.3 is 15.4 Å². The Kier molecular flexibility index (Phi) is 8.83. The van der Waals surface area contributed by atoms with Crippen molar-refractivity contribution >= 4 is 35.9 Å². The zero-order valence-corrected chi connectivity index (χ0v) is 12.6. The topological polar surface area (TPSA) is 62.7 Å². The van der Waals surface area contributed by atoms with Crippen molar-refractivity contribution in [1.29, 1.82) is 0 Å². The molecule has 0 spiro atoms. The van der Waals surface area contributed by atoms with Gasteiger partial charge in [0, 0.05) is 19.6 Å². The average molecular weight is 353 g/mol. The standard InChI is InChI=1S/C11H19N3O2.HI/c1-12-11(13-8-7-10(15)16-2)14-9-5-3-4-6-9;/h3-4,9H,5-8H2,1-2H3,(H2,12,13,14);1H. The van der Waals surface area contributed by atoms with E-state index >= 15 is 0 Å². The monoisotopic (exact) mass is 353 g/mol. The molecule has 1 aliphatic rings. The largest absolute Gasteiger partial charge is 0.469 e. The molecule has 0 saturated carbocycles. The smallest absolute Gasteiger partial charge is 0.307 e. The molecular weight excluding hydrogens is 333 g/mol. The highest BCUT2D eigenvalue weighted by Gasteiger charge is 2.11. The zero-order valence-electron chi connectivity index (χ0n) is 10.2. The molecule has 1 aliphatic carbocycles. The van der Waals surface area contributed by atoms with Crippen molar-refractivity contribution in [3.05, 3.63) is 12.2 Å². The van der Waals surface area contributed by atoms with Crippen molar-refractivity contribution in [2.24, 2.45) is 4.99 Å². The number of halogens is 1. The number of methoxy groups -OCH3 is 1. The summed E-state index contributed by atoms with van der Waals surface area (Å²) < 4.78 is 4.55. The molecule has 0 atom stereocenters. The van der Waals surface area contributed by atoms with Crippen LogP contribution in [0, 0.1) is 0 Å². The Balaban J connectivity index is 0.00000256. The number of guanidine groups is 1. The number of nitrogens with one attached hydrogen (secondary N) is 2. The van der Waals surface area contributed by atoms with Crippen molar-refractivity contribution in [3.63, 3.8) is 0 Å². The van der Waals surface area contributed by atoms with Gasteiger partial charge in [0.2, 0.25) is 0 Å². The second-order valence-electron chi connectivity index (χ2n) is 3.61. The molecule has 0 aromatic rings. The van der Waals surface area contributed by atoms with Crippen molar-refractivity contribution in [3.8, 4) is 0 Å². The minimum Gasteiger partial charge on any atom is -0.469 e. The SMILES string of the molecule is CN=C(NCCC(=O)OC)NC1CC=CC1.I. The number of ether oxygens (including phenoxy) is 1. The maximum Gasteiger partial charge on any atom is 0.307 e. The van der Waals surface area contributed by atoms with Crippen LogP contribution < -0.4 is 10.6 Å². The zero-order chi connectivity index (χ0) is 11.8. The quantitative estimate of drug-likeness (QED) is 0.261. The van der Waals surface area contributed by atoms with Crippen LogP contribution in [0.3, 0.4) is 0 Å². The third-order valence-electron chi connectivity index (χ3n) is 2.42. The molecule has 0 aliphatic heterocycles. The van der Waals surface area contributed by atoms with E-state index in [9.17, 15) is 4.79 Å². The molecule has 0 amide bonds. The fraction of sp³-hybridized carbons (Fsp3) is 0.636. The summed E-state index contributed by atoms with van der Waals surface area (Å²) >= 11 is 0. The van der Waals surface area contributed by atoms with E-state index < -0.39 is 0 Å². The number of esters is 1. The molecule has 0 saturated heterocycles. The number of hydrogen-bond acceptors (Lipinski definition) is 3. The average Bonchev–Trinajstić information content (AvgIpc) is 2.80. The maximum atomic E-state index is 10.9. The Hall–Kier alpha value is -0.790. The predicted octanol–water partition coefficient (Wildman–Crippen LogP) is 1.05. The third-order valence-corrected chi connectivity index (χ3v) is 2.42. The molecule has 0 aromatic heterocycles. The van der Waals surface area contributed by atoms with Gasteiger partial charge in [-0.05, 0) is 12.8 Å². The minimum atomic E-state index is -0.217. The first kappa shape index (κ1) is 16.2. The van der Waals surface area contributed by atoms with Gasteiger partial charge in [0.15, 0.2) is 5.96 Å². The van der Waals surface area contributed by atoms with Crippen LogP contribution in [0.4, 0.5) is 0 Å². The summed E-state index contributed by atoms with van der Waals surface area (Å²) in [5.41, 5.74) is 0. The fourth-order valence-corrected chi connectivity index (χ4v) is 1.51. The van der Waals surface area contributed by atoms with Crippen LogP contribution in [0.15, 0.2) is 17.1 Å². The van der Waals surface area contributed by atoms with Crippen LogP contribution in [0.2, 0.25) is 0 Å². The number of hydrogen-bond donors (Lipinski definition) is 2. The van der Waals surface area contributed by atoms with Crippen LogP contribution in [0.25, 0.3) is 0 Å². The van der Waals surface area contributed by atoms with E-state index in [1.54, 1.807) is 7.05 Å². The van der Waals surface area contributed by atoms with Gasteiger partial charge in [0.25, 0.3) is 0 Å². The van der Waals surface area contributed by atoms with Gasteiger partial charge in [-0.2, -0.15) is 0 Å². The molecule has 5 nitrogen and oxygen atoms in total. The predicted molar refractivity (Wildman–Crippen MR) is 78.7 cm³/mol. The summed E-state index contributed by atoms with van der Waals surface area (Å²) in [5, 5.41) is 6.35. The fourth-order valence-electron chi connectivity index (χ4n) is 1.51. The lowest BCUT2D eigenvalue weighted by atomic mass is 10.2. The number of rotatable bonds is 4. The van der Waals surface area contributed by atoms with E-state index in [-0.39, 0.29) is 29.9 Å². The molecule has 1 rings (SSSR count). The van der Waals surface area contributed by atoms with Crippen molar-refractivity contribution in [2.45, 2.75) is 25.3 Å². The van der Waals surface area contributed by atoms with E-state index in [2.05, 4.69) is 32.5 Å². The Morgan fingerprint density at radius 1 is 1.47 bits per heavy atom. The summed E-state index contributed by atoms with van der Waals surface area (Å²) in [5.74, 6) is 0.517. The summed E-state index contributed by atoms with van der Waals surface area (Å²) in [7, 11) is 3.11. The molecule has 2 N–H and O–H groups in total. The molecule has 0 heterocycles.